The van der Waals surface area contributed by atoms with Gasteiger partial charge in [0.05, 0.1) is 11.5 Å². The van der Waals surface area contributed by atoms with E-state index in [0.29, 0.717) is 25.7 Å². The molecule has 1 aliphatic carbocycles. The van der Waals surface area contributed by atoms with Gasteiger partial charge in [-0.3, -0.25) is 4.79 Å². The highest BCUT2D eigenvalue weighted by Gasteiger charge is 2.37. The summed E-state index contributed by atoms with van der Waals surface area (Å²) in [6.45, 7) is 5.12. The maximum absolute atomic E-state index is 10.9. The Balaban J connectivity index is 1.83. The van der Waals surface area contributed by atoms with Crippen LogP contribution in [0.5, 0.6) is 0 Å². The second-order valence-corrected chi connectivity index (χ2v) is 5.97. The molecule has 2 fully saturated rings. The number of aliphatic carboxylic acids is 1. The minimum atomic E-state index is -0.707. The van der Waals surface area contributed by atoms with Crippen molar-refractivity contribution in [1.82, 2.24) is 4.90 Å². The van der Waals surface area contributed by atoms with Gasteiger partial charge >= 0.3 is 5.97 Å². The van der Waals surface area contributed by atoms with Crippen LogP contribution in [0.15, 0.2) is 0 Å². The highest BCUT2D eigenvalue weighted by atomic mass is 16.4. The number of carboxylic acid groups (broad SMARTS) is 1. The van der Waals surface area contributed by atoms with Gasteiger partial charge in [0.1, 0.15) is 0 Å². The van der Waals surface area contributed by atoms with Crippen molar-refractivity contribution in [1.29, 1.82) is 0 Å². The van der Waals surface area contributed by atoms with Gasteiger partial charge in [0.2, 0.25) is 0 Å². The fraction of sp³-hybridized carbons (Fsp3) is 0.923. The minimum absolute atomic E-state index is 0.243. The van der Waals surface area contributed by atoms with Crippen molar-refractivity contribution in [2.24, 2.45) is 11.8 Å². The molecular weight excluding hydrogens is 218 g/mol. The second-order valence-electron chi connectivity index (χ2n) is 5.97. The molecule has 0 aromatic heterocycles. The van der Waals surface area contributed by atoms with Crippen LogP contribution in [0.2, 0.25) is 0 Å². The maximum Gasteiger partial charge on any atom is 0.306 e. The molecule has 0 spiro atoms. The maximum atomic E-state index is 10.9. The molecule has 1 saturated carbocycles. The largest absolute Gasteiger partial charge is 0.481 e. The van der Waals surface area contributed by atoms with Crippen LogP contribution in [0.1, 0.15) is 39.0 Å². The highest BCUT2D eigenvalue weighted by Crippen LogP contribution is 2.33. The third-order valence-electron chi connectivity index (χ3n) is 4.29. The van der Waals surface area contributed by atoms with Crippen molar-refractivity contribution in [2.45, 2.75) is 44.6 Å². The summed E-state index contributed by atoms with van der Waals surface area (Å²) >= 11 is 0. The normalized spacial score (nSPS) is 39.4. The Morgan fingerprint density at radius 3 is 2.47 bits per heavy atom. The second kappa shape index (κ2) is 4.94. The van der Waals surface area contributed by atoms with Crippen LogP contribution in [0.25, 0.3) is 0 Å². The molecule has 0 aromatic carbocycles. The van der Waals surface area contributed by atoms with Crippen molar-refractivity contribution in [2.75, 3.05) is 19.6 Å². The molecule has 4 nitrogen and oxygen atoms in total. The van der Waals surface area contributed by atoms with Gasteiger partial charge in [-0.25, -0.2) is 0 Å². The molecule has 1 unspecified atom stereocenters. The lowest BCUT2D eigenvalue weighted by molar-refractivity contribution is -0.145. The van der Waals surface area contributed by atoms with Crippen LogP contribution in [-0.2, 0) is 4.79 Å². The fourth-order valence-electron chi connectivity index (χ4n) is 3.15. The summed E-state index contributed by atoms with van der Waals surface area (Å²) in [4.78, 5) is 13.2. The first-order chi connectivity index (χ1) is 7.98. The summed E-state index contributed by atoms with van der Waals surface area (Å²) < 4.78 is 0. The Bertz CT molecular complexity index is 284. The van der Waals surface area contributed by atoms with Crippen molar-refractivity contribution in [3.63, 3.8) is 0 Å². The molecule has 1 atom stereocenters. The van der Waals surface area contributed by atoms with Gasteiger partial charge in [-0.05, 0) is 44.6 Å². The molecule has 0 aromatic rings. The molecule has 17 heavy (non-hydrogen) atoms. The quantitative estimate of drug-likeness (QED) is 0.782. The van der Waals surface area contributed by atoms with E-state index in [0.717, 1.165) is 25.6 Å². The van der Waals surface area contributed by atoms with Crippen molar-refractivity contribution in [3.8, 4) is 0 Å². The van der Waals surface area contributed by atoms with Crippen LogP contribution < -0.4 is 0 Å². The smallest absolute Gasteiger partial charge is 0.306 e. The van der Waals surface area contributed by atoms with Crippen molar-refractivity contribution < 1.29 is 15.0 Å². The molecule has 98 valence electrons. The number of hydrogen-bond acceptors (Lipinski definition) is 3. The lowest BCUT2D eigenvalue weighted by Gasteiger charge is -2.37. The number of rotatable bonds is 3. The highest BCUT2D eigenvalue weighted by molar-refractivity contribution is 5.70. The molecule has 1 aliphatic heterocycles. The van der Waals surface area contributed by atoms with Crippen LogP contribution >= 0.6 is 0 Å². The Labute approximate surface area is 103 Å². The molecule has 0 radical (unpaired) electrons. The van der Waals surface area contributed by atoms with Gasteiger partial charge in [-0.2, -0.15) is 0 Å². The molecule has 2 rings (SSSR count). The molecule has 0 bridgehead atoms. The number of hydrogen-bond donors (Lipinski definition) is 2. The zero-order valence-electron chi connectivity index (χ0n) is 10.6. The van der Waals surface area contributed by atoms with Crippen LogP contribution in [0.3, 0.4) is 0 Å². The average Bonchev–Trinajstić information content (AvgIpc) is 2.63. The predicted molar refractivity (Wildman–Crippen MR) is 64.8 cm³/mol. The van der Waals surface area contributed by atoms with Gasteiger partial charge < -0.3 is 15.1 Å². The van der Waals surface area contributed by atoms with Gasteiger partial charge in [0.15, 0.2) is 0 Å². The van der Waals surface area contributed by atoms with E-state index in [2.05, 4.69) is 11.8 Å². The van der Waals surface area contributed by atoms with E-state index in [1.54, 1.807) is 0 Å². The van der Waals surface area contributed by atoms with Crippen molar-refractivity contribution in [3.05, 3.63) is 0 Å². The average molecular weight is 241 g/mol. The minimum Gasteiger partial charge on any atom is -0.481 e. The number of carbonyl (C=O) groups is 1. The Morgan fingerprint density at radius 2 is 2.00 bits per heavy atom. The SMILES string of the molecule is CC1CCN(CC2(O)CCC(C(=O)O)CC2)C1. The Kier molecular flexibility index (Phi) is 3.73. The zero-order valence-corrected chi connectivity index (χ0v) is 10.6. The molecule has 4 heteroatoms. The Hall–Kier alpha value is -0.610. The van der Waals surface area contributed by atoms with Gasteiger partial charge in [-0.15, -0.1) is 0 Å². The molecular formula is C13H23NO3. The van der Waals surface area contributed by atoms with Crippen LogP contribution in [-0.4, -0.2) is 46.3 Å². The van der Waals surface area contributed by atoms with E-state index in [1.165, 1.54) is 6.42 Å². The third-order valence-corrected chi connectivity index (χ3v) is 4.29. The first kappa shape index (κ1) is 12.8. The van der Waals surface area contributed by atoms with E-state index >= 15 is 0 Å². The van der Waals surface area contributed by atoms with E-state index in [9.17, 15) is 9.90 Å². The van der Waals surface area contributed by atoms with Crippen LogP contribution in [0.4, 0.5) is 0 Å². The topological polar surface area (TPSA) is 60.8 Å². The van der Waals surface area contributed by atoms with E-state index in [-0.39, 0.29) is 5.92 Å². The van der Waals surface area contributed by atoms with Gasteiger partial charge in [0, 0.05) is 13.1 Å². The first-order valence-corrected chi connectivity index (χ1v) is 6.66. The third kappa shape index (κ3) is 3.19. The molecule has 2 aliphatic rings. The van der Waals surface area contributed by atoms with E-state index in [1.807, 2.05) is 0 Å². The molecule has 1 heterocycles. The molecule has 1 saturated heterocycles. The monoisotopic (exact) mass is 241 g/mol. The predicted octanol–water partition coefficient (Wildman–Crippen LogP) is 1.33. The summed E-state index contributed by atoms with van der Waals surface area (Å²) in [6.07, 6.45) is 3.72. The molecule has 2 N–H and O–H groups in total. The fourth-order valence-corrected chi connectivity index (χ4v) is 3.15. The number of aliphatic hydroxyl groups is 1. The lowest BCUT2D eigenvalue weighted by Crippen LogP contribution is -2.45. The Morgan fingerprint density at radius 1 is 1.35 bits per heavy atom. The van der Waals surface area contributed by atoms with E-state index in [4.69, 9.17) is 5.11 Å². The summed E-state index contributed by atoms with van der Waals surface area (Å²) in [7, 11) is 0. The summed E-state index contributed by atoms with van der Waals surface area (Å²) in [5.74, 6) is -0.219. The van der Waals surface area contributed by atoms with Crippen molar-refractivity contribution >= 4 is 5.97 Å². The standard InChI is InChI=1S/C13H23NO3/c1-10-4-7-14(8-10)9-13(17)5-2-11(3-6-13)12(15)16/h10-11,17H,2-9H2,1H3,(H,15,16). The number of likely N-dealkylation sites (tertiary alicyclic amines) is 1. The summed E-state index contributed by atoms with van der Waals surface area (Å²) in [5, 5.41) is 19.4. The van der Waals surface area contributed by atoms with E-state index < -0.39 is 11.6 Å². The summed E-state index contributed by atoms with van der Waals surface area (Å²) in [6, 6.07) is 0. The number of β-amino-alcohol motifs (C(OH)–C–C–N with tert-alkyl or cyclic N) is 1. The summed E-state index contributed by atoms with van der Waals surface area (Å²) in [5.41, 5.74) is -0.643. The lowest BCUT2D eigenvalue weighted by atomic mass is 9.78. The zero-order chi connectivity index (χ0) is 12.5. The van der Waals surface area contributed by atoms with Gasteiger partial charge in [-0.1, -0.05) is 6.92 Å². The van der Waals surface area contributed by atoms with Gasteiger partial charge in [0.25, 0.3) is 0 Å². The first-order valence-electron chi connectivity index (χ1n) is 6.66. The number of nitrogens with zero attached hydrogens (tertiary/aromatic N) is 1. The number of carboxylic acids is 1. The molecule has 0 amide bonds. The van der Waals surface area contributed by atoms with Crippen LogP contribution in [0, 0.1) is 11.8 Å².